The lowest BCUT2D eigenvalue weighted by molar-refractivity contribution is 0.671. The molecule has 0 N–H and O–H groups in total. The van der Waals surface area contributed by atoms with Crippen molar-refractivity contribution in [1.29, 1.82) is 0 Å². The second kappa shape index (κ2) is 13.3. The number of hydrogen-bond donors (Lipinski definition) is 0. The molecule has 0 saturated heterocycles. The lowest BCUT2D eigenvalue weighted by atomic mass is 9.89. The molecule has 56 heavy (non-hydrogen) atoms. The summed E-state index contributed by atoms with van der Waals surface area (Å²) in [5.41, 5.74) is 12.7. The largest absolute Gasteiger partial charge is 0.455 e. The highest BCUT2D eigenvalue weighted by Crippen LogP contribution is 2.49. The number of fused-ring (bicyclic) bond motifs is 6. The number of aromatic nitrogens is 2. The van der Waals surface area contributed by atoms with Gasteiger partial charge >= 0.3 is 0 Å². The first kappa shape index (κ1) is 32.3. The van der Waals surface area contributed by atoms with Gasteiger partial charge in [0.15, 0.2) is 5.82 Å². The second-order valence-corrected chi connectivity index (χ2v) is 15.1. The lowest BCUT2D eigenvalue weighted by Gasteiger charge is -2.18. The molecular weight excluding hydrogens is 701 g/mol. The zero-order valence-corrected chi connectivity index (χ0v) is 31.0. The molecule has 0 spiro atoms. The summed E-state index contributed by atoms with van der Waals surface area (Å²) in [6.45, 7) is 0. The second-order valence-electron chi connectivity index (χ2n) is 14.0. The third-order valence-corrected chi connectivity index (χ3v) is 11.9. The molecule has 262 valence electrons. The van der Waals surface area contributed by atoms with E-state index in [1.165, 1.54) is 20.2 Å². The van der Waals surface area contributed by atoms with Crippen LogP contribution in [0.15, 0.2) is 199 Å². The summed E-state index contributed by atoms with van der Waals surface area (Å²) in [5, 5.41) is 4.62. The smallest absolute Gasteiger partial charge is 0.160 e. The van der Waals surface area contributed by atoms with E-state index in [1.54, 1.807) is 0 Å². The molecule has 11 rings (SSSR count). The quantitative estimate of drug-likeness (QED) is 0.171. The van der Waals surface area contributed by atoms with Crippen LogP contribution in [0.25, 0.3) is 109 Å². The van der Waals surface area contributed by atoms with Crippen molar-refractivity contribution in [2.45, 2.75) is 0 Å². The highest BCUT2D eigenvalue weighted by atomic mass is 32.1. The Kier molecular flexibility index (Phi) is 7.68. The van der Waals surface area contributed by atoms with Crippen molar-refractivity contribution in [3.8, 4) is 67.3 Å². The van der Waals surface area contributed by atoms with Gasteiger partial charge in [0.2, 0.25) is 0 Å². The SMILES string of the molecule is c1ccc(-c2nc(-c3ccccc3)c(-c3ccc(-c4ccccc4)c4oc5c(-c6ccc7sc8ccccc8c7c6)cccc5c34)c(-c3ccccc3)n2)cc1. The van der Waals surface area contributed by atoms with Gasteiger partial charge in [-0.25, -0.2) is 9.97 Å². The monoisotopic (exact) mass is 732 g/mol. The minimum Gasteiger partial charge on any atom is -0.455 e. The molecule has 0 aliphatic carbocycles. The summed E-state index contributed by atoms with van der Waals surface area (Å²) in [5.74, 6) is 0.680. The average Bonchev–Trinajstić information content (AvgIpc) is 3.86. The van der Waals surface area contributed by atoms with E-state index in [1.807, 2.05) is 29.5 Å². The zero-order valence-electron chi connectivity index (χ0n) is 30.2. The Morgan fingerprint density at radius 3 is 1.57 bits per heavy atom. The standard InChI is InChI=1S/C52H32N2OS/c1-5-16-33(17-6-1)39-29-30-41(46-42-26-15-25-38(50(42)55-51(39)46)37-28-31-45-43(32-37)40-24-13-14-27-44(40)56-45)47-48(34-18-7-2-8-19-34)53-52(36-22-11-4-12-23-36)54-49(47)35-20-9-3-10-21-35/h1-32H. The fourth-order valence-electron chi connectivity index (χ4n) is 8.12. The number of benzene rings is 8. The Morgan fingerprint density at radius 2 is 0.893 bits per heavy atom. The molecule has 3 heterocycles. The van der Waals surface area contributed by atoms with Crippen molar-refractivity contribution in [3.63, 3.8) is 0 Å². The molecule has 0 saturated carbocycles. The van der Waals surface area contributed by atoms with Gasteiger partial charge in [0.25, 0.3) is 0 Å². The van der Waals surface area contributed by atoms with Crippen LogP contribution in [-0.2, 0) is 0 Å². The Morgan fingerprint density at radius 1 is 0.357 bits per heavy atom. The van der Waals surface area contributed by atoms with Crippen LogP contribution in [0.3, 0.4) is 0 Å². The molecule has 0 unspecified atom stereocenters. The fourth-order valence-corrected chi connectivity index (χ4v) is 9.20. The molecule has 0 atom stereocenters. The van der Waals surface area contributed by atoms with Crippen LogP contribution in [0, 0.1) is 0 Å². The predicted molar refractivity (Wildman–Crippen MR) is 235 cm³/mol. The van der Waals surface area contributed by atoms with E-state index in [4.69, 9.17) is 14.4 Å². The highest BCUT2D eigenvalue weighted by molar-refractivity contribution is 7.25. The summed E-state index contributed by atoms with van der Waals surface area (Å²) in [4.78, 5) is 10.8. The van der Waals surface area contributed by atoms with E-state index < -0.39 is 0 Å². The molecule has 0 amide bonds. The first-order valence-corrected chi connectivity index (χ1v) is 19.6. The Labute approximate surface area is 327 Å². The van der Waals surface area contributed by atoms with Crippen molar-refractivity contribution in [2.75, 3.05) is 0 Å². The van der Waals surface area contributed by atoms with Crippen LogP contribution in [-0.4, -0.2) is 9.97 Å². The van der Waals surface area contributed by atoms with E-state index in [0.29, 0.717) is 5.82 Å². The van der Waals surface area contributed by atoms with Crippen LogP contribution in [0.4, 0.5) is 0 Å². The van der Waals surface area contributed by atoms with E-state index in [9.17, 15) is 0 Å². The summed E-state index contributed by atoms with van der Waals surface area (Å²) in [6.07, 6.45) is 0. The summed E-state index contributed by atoms with van der Waals surface area (Å²) < 4.78 is 9.79. The van der Waals surface area contributed by atoms with Crippen molar-refractivity contribution < 1.29 is 4.42 Å². The van der Waals surface area contributed by atoms with Gasteiger partial charge in [-0.1, -0.05) is 170 Å². The maximum absolute atomic E-state index is 7.21. The molecular formula is C52H32N2OS. The van der Waals surface area contributed by atoms with Gasteiger partial charge in [-0.05, 0) is 41.0 Å². The fraction of sp³-hybridized carbons (Fsp3) is 0. The van der Waals surface area contributed by atoms with Gasteiger partial charge in [0, 0.05) is 64.3 Å². The van der Waals surface area contributed by atoms with Crippen LogP contribution >= 0.6 is 11.3 Å². The van der Waals surface area contributed by atoms with Crippen LogP contribution in [0.5, 0.6) is 0 Å². The number of para-hydroxylation sites is 1. The van der Waals surface area contributed by atoms with Crippen molar-refractivity contribution in [1.82, 2.24) is 9.97 Å². The third kappa shape index (κ3) is 5.34. The number of rotatable bonds is 6. The third-order valence-electron chi connectivity index (χ3n) is 10.7. The maximum atomic E-state index is 7.21. The number of furan rings is 1. The first-order valence-electron chi connectivity index (χ1n) is 18.8. The minimum absolute atomic E-state index is 0.680. The zero-order chi connectivity index (χ0) is 37.0. The summed E-state index contributed by atoms with van der Waals surface area (Å²) >= 11 is 1.84. The molecule has 0 aliphatic rings. The lowest BCUT2D eigenvalue weighted by Crippen LogP contribution is -2.01. The normalized spacial score (nSPS) is 11.6. The molecule has 3 aromatic heterocycles. The average molecular weight is 733 g/mol. The van der Waals surface area contributed by atoms with Gasteiger partial charge in [-0.2, -0.15) is 0 Å². The van der Waals surface area contributed by atoms with Gasteiger partial charge in [0.05, 0.1) is 11.4 Å². The summed E-state index contributed by atoms with van der Waals surface area (Å²) in [6, 6.07) is 68.2. The van der Waals surface area contributed by atoms with Crippen LogP contribution in [0.1, 0.15) is 0 Å². The Balaban J connectivity index is 1.25. The molecule has 0 radical (unpaired) electrons. The van der Waals surface area contributed by atoms with E-state index >= 15 is 0 Å². The number of nitrogens with zero attached hydrogens (tertiary/aromatic N) is 2. The predicted octanol–water partition coefficient (Wildman–Crippen LogP) is 14.7. The molecule has 4 heteroatoms. The maximum Gasteiger partial charge on any atom is 0.160 e. The van der Waals surface area contributed by atoms with Gasteiger partial charge in [-0.15, -0.1) is 11.3 Å². The molecule has 3 nitrogen and oxygen atoms in total. The Hall–Kier alpha value is -7.14. The van der Waals surface area contributed by atoms with Crippen molar-refractivity contribution in [2.24, 2.45) is 0 Å². The molecule has 11 aromatic rings. The summed E-state index contributed by atoms with van der Waals surface area (Å²) in [7, 11) is 0. The topological polar surface area (TPSA) is 38.9 Å². The minimum atomic E-state index is 0.680. The molecule has 8 aromatic carbocycles. The van der Waals surface area contributed by atoms with Gasteiger partial charge in [0.1, 0.15) is 11.2 Å². The van der Waals surface area contributed by atoms with Crippen molar-refractivity contribution in [3.05, 3.63) is 194 Å². The Bertz CT molecular complexity index is 3160. The van der Waals surface area contributed by atoms with Crippen LogP contribution in [0.2, 0.25) is 0 Å². The first-order chi connectivity index (χ1) is 27.8. The molecule has 0 bridgehead atoms. The van der Waals surface area contributed by atoms with Crippen LogP contribution < -0.4 is 0 Å². The van der Waals surface area contributed by atoms with Gasteiger partial charge < -0.3 is 4.42 Å². The number of thiophene rings is 1. The molecule has 0 aliphatic heterocycles. The van der Waals surface area contributed by atoms with E-state index in [0.717, 1.165) is 83.4 Å². The van der Waals surface area contributed by atoms with Gasteiger partial charge in [-0.3, -0.25) is 0 Å². The van der Waals surface area contributed by atoms with Crippen molar-refractivity contribution >= 4 is 53.4 Å². The molecule has 0 fully saturated rings. The number of hydrogen-bond acceptors (Lipinski definition) is 4. The van der Waals surface area contributed by atoms with E-state index in [-0.39, 0.29) is 0 Å². The van der Waals surface area contributed by atoms with E-state index in [2.05, 4.69) is 176 Å². The highest BCUT2D eigenvalue weighted by Gasteiger charge is 2.26.